The molecule has 1 aliphatic rings. The molecule has 0 radical (unpaired) electrons. The molecule has 1 fully saturated rings. The van der Waals surface area contributed by atoms with Crippen LogP contribution < -0.4 is 5.73 Å². The second-order valence-corrected chi connectivity index (χ2v) is 6.98. The van der Waals surface area contributed by atoms with E-state index in [1.54, 1.807) is 0 Å². The summed E-state index contributed by atoms with van der Waals surface area (Å²) in [5, 5.41) is 0.900. The average molecular weight is 303 g/mol. The van der Waals surface area contributed by atoms with Crippen LogP contribution in [0.25, 0.3) is 10.2 Å². The number of aromatic nitrogens is 1. The van der Waals surface area contributed by atoms with Gasteiger partial charge in [-0.1, -0.05) is 6.92 Å². The summed E-state index contributed by atoms with van der Waals surface area (Å²) in [4.78, 5) is 20.7. The Labute approximate surface area is 129 Å². The number of hydrogen-bond acceptors (Lipinski definition) is 4. The van der Waals surface area contributed by atoms with Gasteiger partial charge in [-0.15, -0.1) is 11.3 Å². The van der Waals surface area contributed by atoms with E-state index in [-0.39, 0.29) is 5.91 Å². The van der Waals surface area contributed by atoms with Crippen LogP contribution in [0.1, 0.15) is 41.6 Å². The lowest BCUT2D eigenvalue weighted by atomic mass is 10.0. The summed E-state index contributed by atoms with van der Waals surface area (Å²) in [5.41, 5.74) is 7.72. The molecule has 2 N–H and O–H groups in total. The number of carbonyl (C=O) groups is 1. The van der Waals surface area contributed by atoms with Gasteiger partial charge >= 0.3 is 0 Å². The fraction of sp³-hybridized carbons (Fsp3) is 0.500. The van der Waals surface area contributed by atoms with Gasteiger partial charge in [-0.05, 0) is 44.2 Å². The first-order valence-electron chi connectivity index (χ1n) is 7.51. The summed E-state index contributed by atoms with van der Waals surface area (Å²) in [5.74, 6) is 0.772. The molecule has 1 aliphatic heterocycles. The van der Waals surface area contributed by atoms with Gasteiger partial charge in [0.25, 0.3) is 5.91 Å². The van der Waals surface area contributed by atoms with Crippen LogP contribution in [-0.4, -0.2) is 28.9 Å². The molecule has 1 atom stereocenters. The number of fused-ring (bicyclic) bond motifs is 1. The highest BCUT2D eigenvalue weighted by Gasteiger charge is 2.24. The number of nitrogens with two attached hydrogens (primary N) is 1. The number of amides is 1. The predicted molar refractivity (Wildman–Crippen MR) is 87.7 cm³/mol. The zero-order chi connectivity index (χ0) is 15.0. The molecule has 21 heavy (non-hydrogen) atoms. The van der Waals surface area contributed by atoms with E-state index in [1.165, 1.54) is 17.8 Å². The smallest absolute Gasteiger partial charge is 0.266 e. The van der Waals surface area contributed by atoms with E-state index < -0.39 is 0 Å². The second-order valence-electron chi connectivity index (χ2n) is 5.98. The molecular formula is C16H21N3OS. The maximum Gasteiger partial charge on any atom is 0.266 e. The minimum absolute atomic E-state index is 0.0715. The molecule has 0 aromatic carbocycles. The van der Waals surface area contributed by atoms with Gasteiger partial charge in [0.05, 0.1) is 5.69 Å². The van der Waals surface area contributed by atoms with Gasteiger partial charge in [0.15, 0.2) is 0 Å². The molecule has 1 amide bonds. The van der Waals surface area contributed by atoms with Crippen LogP contribution in [0.2, 0.25) is 0 Å². The van der Waals surface area contributed by atoms with Crippen LogP contribution in [0.5, 0.6) is 0 Å². The average Bonchev–Trinajstić information content (AvgIpc) is 2.63. The number of carbonyl (C=O) groups excluding carboxylic acids is 1. The molecule has 1 saturated heterocycles. The summed E-state index contributed by atoms with van der Waals surface area (Å²) in [6, 6.07) is 3.90. The Balaban J connectivity index is 1.92. The van der Waals surface area contributed by atoms with Gasteiger partial charge in [-0.3, -0.25) is 4.79 Å². The molecule has 0 aliphatic carbocycles. The largest absolute Gasteiger partial charge is 0.397 e. The number of anilines is 1. The topological polar surface area (TPSA) is 59.2 Å². The highest BCUT2D eigenvalue weighted by Crippen LogP contribution is 2.34. The van der Waals surface area contributed by atoms with E-state index >= 15 is 0 Å². The third kappa shape index (κ3) is 2.75. The first kappa shape index (κ1) is 14.3. The van der Waals surface area contributed by atoms with Crippen molar-refractivity contribution >= 4 is 33.1 Å². The Kier molecular flexibility index (Phi) is 3.85. The molecule has 2 aromatic rings. The van der Waals surface area contributed by atoms with Crippen LogP contribution in [0, 0.1) is 12.8 Å². The molecule has 0 saturated carbocycles. The molecule has 2 aromatic heterocycles. The van der Waals surface area contributed by atoms with Gasteiger partial charge in [0, 0.05) is 24.2 Å². The monoisotopic (exact) mass is 303 g/mol. The number of aryl methyl sites for hydroxylation is 1. The zero-order valence-corrected chi connectivity index (χ0v) is 13.4. The minimum Gasteiger partial charge on any atom is -0.397 e. The van der Waals surface area contributed by atoms with Crippen molar-refractivity contribution in [2.75, 3.05) is 18.8 Å². The van der Waals surface area contributed by atoms with Gasteiger partial charge < -0.3 is 10.6 Å². The van der Waals surface area contributed by atoms with Crippen molar-refractivity contribution in [2.45, 2.75) is 33.1 Å². The highest BCUT2D eigenvalue weighted by molar-refractivity contribution is 7.21. The van der Waals surface area contributed by atoms with E-state index in [0.29, 0.717) is 16.5 Å². The van der Waals surface area contributed by atoms with Gasteiger partial charge in [-0.2, -0.15) is 0 Å². The molecule has 5 heteroatoms. The SMILES string of the molecule is Cc1ccc2c(N)c(C(=O)N3CCCC(C)CC3)sc2n1. The zero-order valence-electron chi connectivity index (χ0n) is 12.6. The Morgan fingerprint density at radius 1 is 1.38 bits per heavy atom. The summed E-state index contributed by atoms with van der Waals surface area (Å²) < 4.78 is 0. The van der Waals surface area contributed by atoms with Crippen molar-refractivity contribution in [3.05, 3.63) is 22.7 Å². The molecule has 112 valence electrons. The molecule has 1 unspecified atom stereocenters. The normalized spacial score (nSPS) is 19.7. The third-order valence-corrected chi connectivity index (χ3v) is 5.33. The molecule has 4 nitrogen and oxygen atoms in total. The van der Waals surface area contributed by atoms with Crippen molar-refractivity contribution in [3.8, 4) is 0 Å². The summed E-state index contributed by atoms with van der Waals surface area (Å²) in [6.45, 7) is 5.88. The Bertz CT molecular complexity index is 679. The van der Waals surface area contributed by atoms with Crippen molar-refractivity contribution in [1.82, 2.24) is 9.88 Å². The first-order chi connectivity index (χ1) is 10.1. The standard InChI is InChI=1S/C16H21N3OS/c1-10-4-3-8-19(9-7-10)16(20)14-13(17)12-6-5-11(2)18-15(12)21-14/h5-6,10H,3-4,7-9,17H2,1-2H3. The van der Waals surface area contributed by atoms with E-state index in [2.05, 4.69) is 11.9 Å². The fourth-order valence-electron chi connectivity index (χ4n) is 2.86. The fourth-order valence-corrected chi connectivity index (χ4v) is 3.97. The number of nitrogen functional groups attached to an aromatic ring is 1. The van der Waals surface area contributed by atoms with E-state index in [0.717, 1.165) is 41.8 Å². The number of likely N-dealkylation sites (tertiary alicyclic amines) is 1. The Morgan fingerprint density at radius 3 is 3.00 bits per heavy atom. The Morgan fingerprint density at radius 2 is 2.19 bits per heavy atom. The van der Waals surface area contributed by atoms with E-state index in [4.69, 9.17) is 5.73 Å². The molecular weight excluding hydrogens is 282 g/mol. The minimum atomic E-state index is 0.0715. The van der Waals surface area contributed by atoms with Gasteiger partial charge in [0.2, 0.25) is 0 Å². The van der Waals surface area contributed by atoms with Crippen LogP contribution in [0.3, 0.4) is 0 Å². The number of rotatable bonds is 1. The van der Waals surface area contributed by atoms with Crippen LogP contribution in [0.15, 0.2) is 12.1 Å². The van der Waals surface area contributed by atoms with Crippen molar-refractivity contribution in [2.24, 2.45) is 5.92 Å². The number of thiophene rings is 1. The summed E-state index contributed by atoms with van der Waals surface area (Å²) >= 11 is 1.42. The molecule has 3 heterocycles. The molecule has 0 spiro atoms. The third-order valence-electron chi connectivity index (χ3n) is 4.23. The quantitative estimate of drug-likeness (QED) is 0.878. The van der Waals surface area contributed by atoms with Crippen molar-refractivity contribution < 1.29 is 4.79 Å². The maximum atomic E-state index is 12.8. The van der Waals surface area contributed by atoms with Gasteiger partial charge in [-0.25, -0.2) is 4.98 Å². The predicted octanol–water partition coefficient (Wildman–Crippen LogP) is 3.45. The van der Waals surface area contributed by atoms with Crippen LogP contribution >= 0.6 is 11.3 Å². The highest BCUT2D eigenvalue weighted by atomic mass is 32.1. The van der Waals surface area contributed by atoms with Crippen molar-refractivity contribution in [3.63, 3.8) is 0 Å². The Hall–Kier alpha value is -1.62. The van der Waals surface area contributed by atoms with E-state index in [1.807, 2.05) is 24.0 Å². The van der Waals surface area contributed by atoms with E-state index in [9.17, 15) is 4.79 Å². The lowest BCUT2D eigenvalue weighted by Crippen LogP contribution is -2.31. The first-order valence-corrected chi connectivity index (χ1v) is 8.33. The second kappa shape index (κ2) is 5.64. The maximum absolute atomic E-state index is 12.8. The molecule has 0 bridgehead atoms. The number of pyridine rings is 1. The summed E-state index contributed by atoms with van der Waals surface area (Å²) in [7, 11) is 0. The number of nitrogens with zero attached hydrogens (tertiary/aromatic N) is 2. The lowest BCUT2D eigenvalue weighted by Gasteiger charge is -2.19. The lowest BCUT2D eigenvalue weighted by molar-refractivity contribution is 0.0766. The number of hydrogen-bond donors (Lipinski definition) is 1. The van der Waals surface area contributed by atoms with Crippen LogP contribution in [-0.2, 0) is 0 Å². The molecule has 3 rings (SSSR count). The summed E-state index contributed by atoms with van der Waals surface area (Å²) in [6.07, 6.45) is 3.36. The van der Waals surface area contributed by atoms with Gasteiger partial charge in [0.1, 0.15) is 9.71 Å². The van der Waals surface area contributed by atoms with Crippen LogP contribution in [0.4, 0.5) is 5.69 Å². The van der Waals surface area contributed by atoms with Crippen molar-refractivity contribution in [1.29, 1.82) is 0 Å².